The largest absolute Gasteiger partial charge is 0.488 e. The fraction of sp³-hybridized carbons (Fsp3) is 0.559. The molecule has 0 spiro atoms. The van der Waals surface area contributed by atoms with Gasteiger partial charge in [0.2, 0.25) is 17.7 Å². The van der Waals surface area contributed by atoms with Crippen molar-refractivity contribution in [1.82, 2.24) is 53.6 Å². The first kappa shape index (κ1) is 56.9. The number of nitrogens with one attached hydrogen (secondary N) is 3. The van der Waals surface area contributed by atoms with Crippen molar-refractivity contribution >= 4 is 92.9 Å². The number of rotatable bonds is 21. The second kappa shape index (κ2) is 21.7. The molecule has 3 fully saturated rings. The van der Waals surface area contributed by atoms with E-state index in [0.29, 0.717) is 0 Å². The lowest BCUT2D eigenvalue weighted by molar-refractivity contribution is -0.745. The summed E-state index contributed by atoms with van der Waals surface area (Å²) in [5.74, 6) is -1.12. The van der Waals surface area contributed by atoms with Gasteiger partial charge in [-0.1, -0.05) is 4.98 Å². The number of aliphatic hydroxyl groups excluding tert-OH is 3. The molecule has 3 aliphatic heterocycles. The lowest BCUT2D eigenvalue weighted by Crippen LogP contribution is -2.46. The summed E-state index contributed by atoms with van der Waals surface area (Å²) < 4.78 is 112. The average Bonchev–Trinajstić information content (AvgIpc) is 4.21. The van der Waals surface area contributed by atoms with Crippen molar-refractivity contribution in [1.29, 1.82) is 0 Å². The third-order valence-electron chi connectivity index (χ3n) is 12.0. The molecular weight excluding hydrogens is 1140 g/mol. The SMILES string of the molecule is CNc1ncnc2c1ncn2[C@@H]1O[C@H](CSP(=O)(O)OP(=O)(O)OP(=O)(O)OC[C@H]2O[C@@H]([n+]3cn(C)c4c(=O)[nH]c(N)nc43)C(O)[C@H]2OC)C(OP(=O)(O)OC[C@H]2O[C@@H](n3cnc4c(=O)[nH]c(N)nc43)[C@@H](O)C2O)[C@@H]1OC. The average molecular weight is 1190 g/mol. The minimum atomic E-state index is -6.07. The number of hydrogen-bond donors (Lipinski definition) is 12. The molecule has 0 saturated carbocycles. The van der Waals surface area contributed by atoms with Crippen molar-refractivity contribution in [3.63, 3.8) is 0 Å². The third kappa shape index (κ3) is 11.5. The van der Waals surface area contributed by atoms with Gasteiger partial charge in [0.1, 0.15) is 60.7 Å². The Hall–Kier alpha value is -4.76. The highest BCUT2D eigenvalue weighted by atomic mass is 32.7. The predicted octanol–water partition coefficient (Wildman–Crippen LogP) is -2.88. The van der Waals surface area contributed by atoms with Gasteiger partial charge in [0.25, 0.3) is 17.1 Å². The number of aromatic nitrogens is 12. The lowest BCUT2D eigenvalue weighted by atomic mass is 10.1. The van der Waals surface area contributed by atoms with Crippen molar-refractivity contribution in [3.05, 3.63) is 46.0 Å². The number of aliphatic hydroxyl groups is 3. The zero-order chi connectivity index (χ0) is 55.7. The quantitative estimate of drug-likeness (QED) is 0.0254. The van der Waals surface area contributed by atoms with E-state index in [9.17, 15) is 62.7 Å². The van der Waals surface area contributed by atoms with E-state index < -0.39 is 134 Å². The summed E-state index contributed by atoms with van der Waals surface area (Å²) >= 11 is -0.139. The summed E-state index contributed by atoms with van der Waals surface area (Å²) in [5.41, 5.74) is 10.1. The molecular formula is C34H48N15O23P4S+. The van der Waals surface area contributed by atoms with Crippen LogP contribution in [0.25, 0.3) is 33.5 Å². The van der Waals surface area contributed by atoms with Gasteiger partial charge in [-0.3, -0.25) is 46.8 Å². The molecule has 14 N–H and O–H groups in total. The Morgan fingerprint density at radius 2 is 1.38 bits per heavy atom. The number of nitrogens with zero attached hydrogens (tertiary/aromatic N) is 10. The predicted molar refractivity (Wildman–Crippen MR) is 255 cm³/mol. The van der Waals surface area contributed by atoms with Gasteiger partial charge in [0, 0.05) is 27.0 Å². The molecule has 3 aliphatic rings. The summed E-state index contributed by atoms with van der Waals surface area (Å²) in [4.78, 5) is 97.2. The Morgan fingerprint density at radius 3 is 2.08 bits per heavy atom. The fourth-order valence-electron chi connectivity index (χ4n) is 8.73. The number of hydrogen-bond acceptors (Lipinski definition) is 29. The zero-order valence-corrected chi connectivity index (χ0v) is 44.2. The van der Waals surface area contributed by atoms with Crippen LogP contribution in [0.5, 0.6) is 0 Å². The van der Waals surface area contributed by atoms with Gasteiger partial charge in [-0.25, -0.2) is 42.8 Å². The molecule has 7 unspecified atom stereocenters. The number of methoxy groups -OCH3 is 2. The maximum absolute atomic E-state index is 13.8. The number of aryl methyl sites for hydroxylation is 1. The first-order chi connectivity index (χ1) is 36.2. The van der Waals surface area contributed by atoms with Crippen LogP contribution in [0.15, 0.2) is 34.9 Å². The summed E-state index contributed by atoms with van der Waals surface area (Å²) in [6.45, 7) is -7.46. The molecule has 0 aromatic carbocycles. The summed E-state index contributed by atoms with van der Waals surface area (Å²) in [5, 5.41) is 35.8. The van der Waals surface area contributed by atoms with Gasteiger partial charge in [0.05, 0.1) is 39.0 Å². The van der Waals surface area contributed by atoms with Crippen molar-refractivity contribution in [2.75, 3.05) is 57.0 Å². The molecule has 38 nitrogen and oxygen atoms in total. The van der Waals surface area contributed by atoms with Crippen molar-refractivity contribution in [2.24, 2.45) is 7.05 Å². The molecule has 3 saturated heterocycles. The minimum Gasteiger partial charge on any atom is -0.387 e. The van der Waals surface area contributed by atoms with Gasteiger partial charge >= 0.3 is 35.9 Å². The Kier molecular flexibility index (Phi) is 16.1. The molecule has 0 amide bonds. The molecule has 0 aliphatic carbocycles. The second-order valence-corrected chi connectivity index (χ2v) is 25.4. The molecule has 0 radical (unpaired) electrons. The number of ether oxygens (including phenoxy) is 5. The van der Waals surface area contributed by atoms with Crippen LogP contribution in [0.3, 0.4) is 0 Å². The maximum atomic E-state index is 13.8. The van der Waals surface area contributed by atoms with E-state index in [0.717, 1.165) is 25.1 Å². The van der Waals surface area contributed by atoms with Crippen LogP contribution >= 0.6 is 41.6 Å². The van der Waals surface area contributed by atoms with Crippen LogP contribution in [0, 0.1) is 0 Å². The summed E-state index contributed by atoms with van der Waals surface area (Å²) in [7, 11) is -11.9. The molecule has 422 valence electrons. The lowest BCUT2D eigenvalue weighted by Gasteiger charge is -2.26. The molecule has 16 atom stereocenters. The van der Waals surface area contributed by atoms with Crippen LogP contribution in [0.2, 0.25) is 0 Å². The highest BCUT2D eigenvalue weighted by Gasteiger charge is 2.54. The minimum absolute atomic E-state index is 0.0273. The number of phosphoric ester groups is 2. The van der Waals surface area contributed by atoms with E-state index >= 15 is 0 Å². The number of H-pyrrole nitrogens is 2. The number of aromatic amines is 2. The first-order valence-corrected chi connectivity index (χ1v) is 29.7. The van der Waals surface area contributed by atoms with E-state index in [4.69, 9.17) is 48.7 Å². The van der Waals surface area contributed by atoms with Gasteiger partial charge < -0.3 is 75.4 Å². The monoisotopic (exact) mass is 1190 g/mol. The van der Waals surface area contributed by atoms with Crippen molar-refractivity contribution in [3.8, 4) is 0 Å². The maximum Gasteiger partial charge on any atom is 0.488 e. The Labute approximate surface area is 432 Å². The Bertz CT molecular complexity index is 3510. The van der Waals surface area contributed by atoms with E-state index in [1.165, 1.54) is 39.7 Å². The Morgan fingerprint density at radius 1 is 0.740 bits per heavy atom. The van der Waals surface area contributed by atoms with Crippen LogP contribution in [0.1, 0.15) is 18.7 Å². The highest BCUT2D eigenvalue weighted by molar-refractivity contribution is 8.55. The number of anilines is 3. The number of phosphoric acid groups is 3. The van der Waals surface area contributed by atoms with Crippen LogP contribution in [-0.4, -0.2) is 184 Å². The topological polar surface area (TPSA) is 528 Å². The second-order valence-electron chi connectivity index (χ2n) is 16.9. The van der Waals surface area contributed by atoms with E-state index in [1.807, 2.05) is 0 Å². The highest BCUT2D eigenvalue weighted by Crippen LogP contribution is 2.72. The smallest absolute Gasteiger partial charge is 0.387 e. The fourth-order valence-corrected chi connectivity index (χ4v) is 15.7. The van der Waals surface area contributed by atoms with Crippen molar-refractivity contribution < 1.29 is 104 Å². The molecule has 6 aromatic rings. The normalized spacial score (nSPS) is 30.0. The molecule has 77 heavy (non-hydrogen) atoms. The molecule has 43 heteroatoms. The molecule has 9 heterocycles. The molecule has 0 bridgehead atoms. The molecule has 6 aromatic heterocycles. The van der Waals surface area contributed by atoms with Crippen molar-refractivity contribution in [2.45, 2.75) is 73.6 Å². The van der Waals surface area contributed by atoms with Crippen LogP contribution < -0.4 is 32.5 Å². The number of nitrogen functional groups attached to an aromatic ring is 2. The van der Waals surface area contributed by atoms with Gasteiger partial charge in [-0.05, 0) is 11.4 Å². The summed E-state index contributed by atoms with van der Waals surface area (Å²) in [6, 6.07) is 0. The number of nitrogens with two attached hydrogens (primary N) is 2. The standard InChI is InChI=1S/C34H47N15O23P4S/c1-37-24-15-25(39-8-38-24)47(9-40-15)32-23(64-4)22(70-73(55,56)65-5-12-18(50)19(51)30(67-12)48-10-41-16-26(48)42-33(35)44-28(16)53)14(69-32)7-77-76(61,62)72-75(59,60)71-74(57,58)66-6-13-21(63-3)20(52)31(68-13)49-11-46(2)17-27(49)43-34(36)45-29(17)54/h8-14,18-23,30-32,50-52H,5-7H2,1-4H3,(H10-,35,36,37,38,39,42,43,44,45,53,54,55,56,57,58,59,60,61,62)/p+1/t12-,13-,14-,18?,19+,20?,21+,22?,23+,30-,31-,32-/m1/s1. The van der Waals surface area contributed by atoms with Gasteiger partial charge in [-0.2, -0.15) is 13.6 Å². The van der Waals surface area contributed by atoms with E-state index in [-0.39, 0.29) is 62.6 Å². The summed E-state index contributed by atoms with van der Waals surface area (Å²) in [6.07, 6.45) is -13.6. The zero-order valence-electron chi connectivity index (χ0n) is 39.8. The Balaban J connectivity index is 0.872. The third-order valence-corrected chi connectivity index (χ3v) is 19.6. The van der Waals surface area contributed by atoms with Crippen LogP contribution in [0.4, 0.5) is 17.7 Å². The van der Waals surface area contributed by atoms with Crippen LogP contribution in [-0.2, 0) is 71.2 Å². The molecule has 9 rings (SSSR count). The van der Waals surface area contributed by atoms with Gasteiger partial charge in [-0.15, -0.1) is 0 Å². The van der Waals surface area contributed by atoms with Gasteiger partial charge in [0.15, 0.2) is 41.4 Å². The number of fused-ring (bicyclic) bond motifs is 3. The first-order valence-electron chi connectivity index (χ1n) is 22.0. The van der Waals surface area contributed by atoms with E-state index in [1.54, 1.807) is 7.05 Å². The number of imidazole rings is 3. The van der Waals surface area contributed by atoms with E-state index in [2.05, 4.69) is 53.8 Å².